The number of hydrogen-bond acceptors (Lipinski definition) is 10. The molecular weight excluding hydrogens is 713 g/mol. The second-order valence-electron chi connectivity index (χ2n) is 16.0. The van der Waals surface area contributed by atoms with Crippen LogP contribution in [0.1, 0.15) is 121 Å². The molecule has 0 bridgehead atoms. The first kappa shape index (κ1) is 45.3. The van der Waals surface area contributed by atoms with E-state index in [9.17, 15) is 19.2 Å². The number of nitrogens with two attached hydrogens (primary N) is 4. The van der Waals surface area contributed by atoms with E-state index in [1.807, 2.05) is 0 Å². The number of benzene rings is 3. The smallest absolute Gasteiger partial charge is 0.167 e. The van der Waals surface area contributed by atoms with Gasteiger partial charge in [0.1, 0.15) is 11.6 Å². The zero-order valence-corrected chi connectivity index (χ0v) is 34.9. The van der Waals surface area contributed by atoms with Gasteiger partial charge in [-0.05, 0) is 76.2 Å². The molecule has 8 nitrogen and oxygen atoms in total. The maximum absolute atomic E-state index is 14.1. The number of carbonyl (C=O) groups is 4. The Hall–Kier alpha value is -3.12. The fourth-order valence-corrected chi connectivity index (χ4v) is 8.12. The zero-order valence-electron chi connectivity index (χ0n) is 33.3. The molecule has 10 heteroatoms. The van der Waals surface area contributed by atoms with Crippen molar-refractivity contribution in [1.82, 2.24) is 0 Å². The van der Waals surface area contributed by atoms with Crippen molar-refractivity contribution in [3.8, 4) is 0 Å². The quantitative estimate of drug-likeness (QED) is 0.0619. The van der Waals surface area contributed by atoms with Crippen molar-refractivity contribution in [2.24, 2.45) is 22.9 Å². The topological polar surface area (TPSA) is 172 Å². The minimum atomic E-state index is -0.209. The van der Waals surface area contributed by atoms with Crippen LogP contribution in [0.2, 0.25) is 0 Å². The summed E-state index contributed by atoms with van der Waals surface area (Å²) in [5.41, 5.74) is 29.3. The highest BCUT2D eigenvalue weighted by atomic mass is 32.2. The van der Waals surface area contributed by atoms with Crippen LogP contribution in [0.15, 0.2) is 58.3 Å². The lowest BCUT2D eigenvalue weighted by Crippen LogP contribution is -2.17. The third kappa shape index (κ3) is 13.6. The minimum absolute atomic E-state index is 0.113. The first-order valence-electron chi connectivity index (χ1n) is 19.1. The third-order valence-corrected chi connectivity index (χ3v) is 11.8. The number of carbonyl (C=O) groups excluding carboxylic acids is 4. The van der Waals surface area contributed by atoms with E-state index in [0.29, 0.717) is 74.5 Å². The van der Waals surface area contributed by atoms with Crippen LogP contribution in [0.3, 0.4) is 0 Å². The van der Waals surface area contributed by atoms with Gasteiger partial charge in [0.15, 0.2) is 11.6 Å². The van der Waals surface area contributed by atoms with Crippen molar-refractivity contribution in [3.63, 3.8) is 0 Å². The van der Waals surface area contributed by atoms with Gasteiger partial charge in [-0.3, -0.25) is 19.2 Å². The highest BCUT2D eigenvalue weighted by Gasteiger charge is 2.24. The third-order valence-electron chi connectivity index (χ3n) is 9.25. The van der Waals surface area contributed by atoms with Crippen molar-refractivity contribution in [3.05, 3.63) is 93.0 Å². The molecule has 0 aliphatic rings. The summed E-state index contributed by atoms with van der Waals surface area (Å²) >= 11 is 3.16. The first-order valence-corrected chi connectivity index (χ1v) is 21.1. The molecule has 0 unspecified atom stereocenters. The fraction of sp³-hybridized carbons (Fsp3) is 0.500. The lowest BCUT2D eigenvalue weighted by Gasteiger charge is -2.24. The van der Waals surface area contributed by atoms with E-state index < -0.39 is 0 Å². The second-order valence-corrected chi connectivity index (χ2v) is 18.2. The Bertz CT molecular complexity index is 1650. The van der Waals surface area contributed by atoms with Gasteiger partial charge >= 0.3 is 0 Å². The Labute approximate surface area is 331 Å². The summed E-state index contributed by atoms with van der Waals surface area (Å²) in [6.45, 7) is 14.6. The molecule has 0 atom stereocenters. The lowest BCUT2D eigenvalue weighted by molar-refractivity contribution is -0.119. The number of ketones is 4. The van der Waals surface area contributed by atoms with Crippen LogP contribution in [0.25, 0.3) is 0 Å². The Morgan fingerprint density at radius 1 is 0.519 bits per heavy atom. The molecule has 0 saturated heterocycles. The molecule has 3 aromatic rings. The monoisotopic (exact) mass is 774 g/mol. The molecule has 0 heterocycles. The maximum atomic E-state index is 14.1. The summed E-state index contributed by atoms with van der Waals surface area (Å²) in [6.07, 6.45) is 2.87. The molecular formula is C44H62N4O4S2. The summed E-state index contributed by atoms with van der Waals surface area (Å²) in [5.74, 6) is 1.31. The van der Waals surface area contributed by atoms with E-state index in [2.05, 4.69) is 65.8 Å². The van der Waals surface area contributed by atoms with Crippen molar-refractivity contribution in [2.75, 3.05) is 37.7 Å². The predicted molar refractivity (Wildman–Crippen MR) is 226 cm³/mol. The molecule has 3 aromatic carbocycles. The van der Waals surface area contributed by atoms with Crippen molar-refractivity contribution in [1.29, 1.82) is 0 Å². The number of hydrogen-bond donors (Lipinski definition) is 4. The molecule has 8 N–H and O–H groups in total. The number of rotatable bonds is 22. The van der Waals surface area contributed by atoms with Crippen molar-refractivity contribution in [2.45, 2.75) is 114 Å². The predicted octanol–water partition coefficient (Wildman–Crippen LogP) is 6.94. The van der Waals surface area contributed by atoms with E-state index in [1.54, 1.807) is 47.8 Å². The van der Waals surface area contributed by atoms with Crippen LogP contribution in [0, 0.1) is 0 Å². The Morgan fingerprint density at radius 3 is 1.19 bits per heavy atom. The lowest BCUT2D eigenvalue weighted by atomic mass is 9.83. The highest BCUT2D eigenvalue weighted by Crippen LogP contribution is 2.36. The standard InChI is InChI=1S/C44H62N4O4S2/c1-43(2,3)35-21-31(25-37(49)12-8-14-45)41(53-18-16-47)33(23-35)27-39(51)29-10-7-11-30(20-29)40(52)28-34-24-36(44(4,5)6)22-32(42(34)54-19-17-48)26-38(50)13-9-15-46/h7,10-11,20-24H,8-9,12-19,25-28,45-48H2,1-6H3. The van der Waals surface area contributed by atoms with Crippen LogP contribution < -0.4 is 22.9 Å². The number of thioether (sulfide) groups is 2. The molecule has 0 saturated carbocycles. The molecule has 0 radical (unpaired) electrons. The molecule has 54 heavy (non-hydrogen) atoms. The largest absolute Gasteiger partial charge is 0.330 e. The van der Waals surface area contributed by atoms with Crippen LogP contribution in [-0.2, 0) is 46.1 Å². The Balaban J connectivity index is 2.02. The van der Waals surface area contributed by atoms with Crippen LogP contribution in [0.4, 0.5) is 0 Å². The van der Waals surface area contributed by atoms with Crippen molar-refractivity contribution < 1.29 is 19.2 Å². The summed E-state index contributed by atoms with van der Waals surface area (Å²) in [4.78, 5) is 56.0. The molecule has 0 amide bonds. The maximum Gasteiger partial charge on any atom is 0.167 e. The van der Waals surface area contributed by atoms with Crippen molar-refractivity contribution >= 4 is 46.7 Å². The van der Waals surface area contributed by atoms with Crippen LogP contribution >= 0.6 is 23.5 Å². The first-order chi connectivity index (χ1) is 25.5. The SMILES string of the molecule is CC(C)(C)c1cc(CC(=O)CCCN)c(SCCN)c(CC(=O)c2cccc(C(=O)Cc3cc(C(C)(C)C)cc(CC(=O)CCCN)c3SCCN)c2)c1. The Morgan fingerprint density at radius 2 is 0.870 bits per heavy atom. The normalized spacial score (nSPS) is 11.9. The molecule has 0 fully saturated rings. The van der Waals surface area contributed by atoms with Gasteiger partial charge in [-0.25, -0.2) is 0 Å². The summed E-state index contributed by atoms with van der Waals surface area (Å²) in [6, 6.07) is 15.3. The Kier molecular flexibility index (Phi) is 17.8. The van der Waals surface area contributed by atoms with E-state index in [0.717, 1.165) is 43.2 Å². The van der Waals surface area contributed by atoms with Crippen LogP contribution in [-0.4, -0.2) is 60.8 Å². The van der Waals surface area contributed by atoms with E-state index in [4.69, 9.17) is 22.9 Å². The fourth-order valence-electron chi connectivity index (χ4n) is 6.21. The van der Waals surface area contributed by atoms with Gasteiger partial charge in [0.2, 0.25) is 0 Å². The highest BCUT2D eigenvalue weighted by molar-refractivity contribution is 7.99. The van der Waals surface area contributed by atoms with Gasteiger partial charge in [-0.2, -0.15) is 0 Å². The van der Waals surface area contributed by atoms with Gasteiger partial charge in [-0.15, -0.1) is 23.5 Å². The average molecular weight is 775 g/mol. The van der Waals surface area contributed by atoms with Crippen LogP contribution in [0.5, 0.6) is 0 Å². The van der Waals surface area contributed by atoms with Gasteiger partial charge in [-0.1, -0.05) is 84.0 Å². The second kappa shape index (κ2) is 21.3. The minimum Gasteiger partial charge on any atom is -0.330 e. The molecule has 0 aromatic heterocycles. The summed E-state index contributed by atoms with van der Waals surface area (Å²) in [5, 5.41) is 0. The average Bonchev–Trinajstić information content (AvgIpc) is 3.11. The molecule has 0 aliphatic carbocycles. The zero-order chi connectivity index (χ0) is 40.1. The summed E-state index contributed by atoms with van der Waals surface area (Å²) < 4.78 is 0. The summed E-state index contributed by atoms with van der Waals surface area (Å²) in [7, 11) is 0. The molecule has 0 aliphatic heterocycles. The van der Waals surface area contributed by atoms with Gasteiger partial charge in [0.05, 0.1) is 0 Å². The van der Waals surface area contributed by atoms with E-state index >= 15 is 0 Å². The molecule has 0 spiro atoms. The van der Waals surface area contributed by atoms with Gasteiger partial charge in [0.25, 0.3) is 0 Å². The van der Waals surface area contributed by atoms with Gasteiger partial charge < -0.3 is 22.9 Å². The molecule has 3 rings (SSSR count). The van der Waals surface area contributed by atoms with Gasteiger partial charge in [0, 0.05) is 84.0 Å². The van der Waals surface area contributed by atoms with E-state index in [1.165, 1.54) is 0 Å². The number of Topliss-reactive ketones (excluding diaryl/α,β-unsaturated/α-hetero) is 4. The van der Waals surface area contributed by atoms with E-state index in [-0.39, 0.29) is 59.6 Å². The molecule has 294 valence electrons.